The minimum absolute atomic E-state index is 0.0212. The third-order valence-corrected chi connectivity index (χ3v) is 5.39. The van der Waals surface area contributed by atoms with E-state index in [0.29, 0.717) is 6.54 Å². The fourth-order valence-corrected chi connectivity index (χ4v) is 3.51. The van der Waals surface area contributed by atoms with E-state index >= 15 is 0 Å². The molecule has 0 saturated carbocycles. The first kappa shape index (κ1) is 19.6. The van der Waals surface area contributed by atoms with Gasteiger partial charge in [0, 0.05) is 33.3 Å². The third kappa shape index (κ3) is 4.97. The number of hydrogen-bond donors (Lipinski definition) is 1. The number of aromatic nitrogens is 3. The van der Waals surface area contributed by atoms with Gasteiger partial charge in [0.25, 0.3) is 0 Å². The molecule has 9 nitrogen and oxygen atoms in total. The molecule has 1 atom stereocenters. The van der Waals surface area contributed by atoms with Gasteiger partial charge in [-0.3, -0.25) is 4.79 Å². The SMILES string of the molecule is COC(=O)C1CCN(C(=NCc2nnc(C)n2C)NCC2CCCO2)CC1. The highest BCUT2D eigenvalue weighted by Gasteiger charge is 2.27. The number of methoxy groups -OCH3 is 1. The standard InChI is InChI=1S/C18H30N6O3/c1-13-21-22-16(23(13)2)12-20-18(19-11-15-5-4-10-27-15)24-8-6-14(7-9-24)17(25)26-3/h14-15H,4-12H2,1-3H3,(H,19,20). The van der Waals surface area contributed by atoms with Crippen LogP contribution in [0, 0.1) is 12.8 Å². The highest BCUT2D eigenvalue weighted by Crippen LogP contribution is 2.19. The molecule has 1 unspecified atom stereocenters. The van der Waals surface area contributed by atoms with E-state index in [0.717, 1.165) is 69.5 Å². The molecule has 3 heterocycles. The molecule has 1 N–H and O–H groups in total. The van der Waals surface area contributed by atoms with Gasteiger partial charge in [0.1, 0.15) is 12.4 Å². The first-order valence-electron chi connectivity index (χ1n) is 9.66. The van der Waals surface area contributed by atoms with Crippen molar-refractivity contribution in [2.24, 2.45) is 18.0 Å². The number of ether oxygens (including phenoxy) is 2. The van der Waals surface area contributed by atoms with Crippen LogP contribution in [0.3, 0.4) is 0 Å². The molecule has 9 heteroatoms. The van der Waals surface area contributed by atoms with E-state index in [1.165, 1.54) is 7.11 Å². The van der Waals surface area contributed by atoms with E-state index in [4.69, 9.17) is 14.5 Å². The zero-order valence-electron chi connectivity index (χ0n) is 16.5. The number of nitrogens with zero attached hydrogens (tertiary/aromatic N) is 5. The van der Waals surface area contributed by atoms with Crippen molar-refractivity contribution in [2.45, 2.75) is 45.3 Å². The lowest BCUT2D eigenvalue weighted by molar-refractivity contribution is -0.146. The van der Waals surface area contributed by atoms with Gasteiger partial charge in [0.2, 0.25) is 0 Å². The number of aliphatic imine (C=N–C) groups is 1. The maximum Gasteiger partial charge on any atom is 0.308 e. The maximum atomic E-state index is 11.8. The predicted molar refractivity (Wildman–Crippen MR) is 100 cm³/mol. The van der Waals surface area contributed by atoms with Crippen molar-refractivity contribution in [3.63, 3.8) is 0 Å². The van der Waals surface area contributed by atoms with Crippen LogP contribution in [0.15, 0.2) is 4.99 Å². The molecule has 1 aromatic rings. The van der Waals surface area contributed by atoms with E-state index in [1.807, 2.05) is 18.5 Å². The number of carbonyl (C=O) groups is 1. The van der Waals surface area contributed by atoms with Crippen LogP contribution in [0.4, 0.5) is 0 Å². The minimum Gasteiger partial charge on any atom is -0.469 e. The van der Waals surface area contributed by atoms with Gasteiger partial charge >= 0.3 is 5.97 Å². The zero-order chi connectivity index (χ0) is 19.2. The number of esters is 1. The van der Waals surface area contributed by atoms with Gasteiger partial charge in [0.05, 0.1) is 19.1 Å². The van der Waals surface area contributed by atoms with E-state index in [9.17, 15) is 4.79 Å². The monoisotopic (exact) mass is 378 g/mol. The quantitative estimate of drug-likeness (QED) is 0.456. The summed E-state index contributed by atoms with van der Waals surface area (Å²) in [6.07, 6.45) is 3.97. The van der Waals surface area contributed by atoms with Gasteiger partial charge in [-0.05, 0) is 32.6 Å². The van der Waals surface area contributed by atoms with Gasteiger partial charge in [-0.1, -0.05) is 0 Å². The van der Waals surface area contributed by atoms with Crippen molar-refractivity contribution < 1.29 is 14.3 Å². The fraction of sp³-hybridized carbons (Fsp3) is 0.778. The molecule has 1 aromatic heterocycles. The molecule has 2 aliphatic rings. The Balaban J connectivity index is 1.64. The molecule has 150 valence electrons. The molecule has 2 aliphatic heterocycles. The lowest BCUT2D eigenvalue weighted by atomic mass is 9.97. The molecular weight excluding hydrogens is 348 g/mol. The Hall–Kier alpha value is -2.16. The van der Waals surface area contributed by atoms with Crippen molar-refractivity contribution >= 4 is 11.9 Å². The van der Waals surface area contributed by atoms with Crippen molar-refractivity contribution in [3.05, 3.63) is 11.6 Å². The number of guanidine groups is 1. The lowest BCUT2D eigenvalue weighted by Gasteiger charge is -2.33. The summed E-state index contributed by atoms with van der Waals surface area (Å²) < 4.78 is 12.5. The third-order valence-electron chi connectivity index (χ3n) is 5.39. The van der Waals surface area contributed by atoms with Crippen molar-refractivity contribution in [3.8, 4) is 0 Å². The fourth-order valence-electron chi connectivity index (χ4n) is 3.51. The Morgan fingerprint density at radius 1 is 1.33 bits per heavy atom. The molecule has 2 fully saturated rings. The van der Waals surface area contributed by atoms with Gasteiger partial charge in [-0.2, -0.15) is 0 Å². The second-order valence-electron chi connectivity index (χ2n) is 7.16. The Labute approximate surface area is 160 Å². The number of nitrogens with one attached hydrogen (secondary N) is 1. The van der Waals surface area contributed by atoms with Gasteiger partial charge in [-0.15, -0.1) is 10.2 Å². The van der Waals surface area contributed by atoms with Crippen molar-refractivity contribution in [1.82, 2.24) is 25.0 Å². The van der Waals surface area contributed by atoms with E-state index in [1.54, 1.807) is 0 Å². The Morgan fingerprint density at radius 2 is 2.11 bits per heavy atom. The summed E-state index contributed by atoms with van der Waals surface area (Å²) in [6.45, 7) is 5.51. The second-order valence-corrected chi connectivity index (χ2v) is 7.16. The predicted octanol–water partition coefficient (Wildman–Crippen LogP) is 0.633. The molecule has 0 aromatic carbocycles. The Kier molecular flexibility index (Phi) is 6.65. The smallest absolute Gasteiger partial charge is 0.308 e. The summed E-state index contributed by atoms with van der Waals surface area (Å²) in [4.78, 5) is 18.8. The summed E-state index contributed by atoms with van der Waals surface area (Å²) in [5.74, 6) is 2.40. The van der Waals surface area contributed by atoms with Crippen LogP contribution in [0.5, 0.6) is 0 Å². The summed E-state index contributed by atoms with van der Waals surface area (Å²) in [7, 11) is 3.40. The summed E-state index contributed by atoms with van der Waals surface area (Å²) in [6, 6.07) is 0. The van der Waals surface area contributed by atoms with E-state index in [2.05, 4.69) is 20.4 Å². The highest BCUT2D eigenvalue weighted by atomic mass is 16.5. The average Bonchev–Trinajstić information content (AvgIpc) is 3.32. The van der Waals surface area contributed by atoms with Gasteiger partial charge in [0.15, 0.2) is 11.8 Å². The molecule has 0 aliphatic carbocycles. The first-order valence-corrected chi connectivity index (χ1v) is 9.66. The van der Waals surface area contributed by atoms with Crippen LogP contribution in [0.2, 0.25) is 0 Å². The van der Waals surface area contributed by atoms with Crippen LogP contribution in [-0.2, 0) is 27.9 Å². The lowest BCUT2D eigenvalue weighted by Crippen LogP contribution is -2.48. The molecule has 0 amide bonds. The summed E-state index contributed by atoms with van der Waals surface area (Å²) in [5, 5.41) is 11.7. The number of carbonyl (C=O) groups excluding carboxylic acids is 1. The summed E-state index contributed by atoms with van der Waals surface area (Å²) >= 11 is 0. The van der Waals surface area contributed by atoms with Crippen LogP contribution >= 0.6 is 0 Å². The van der Waals surface area contributed by atoms with Crippen LogP contribution < -0.4 is 5.32 Å². The zero-order valence-corrected chi connectivity index (χ0v) is 16.5. The second kappa shape index (κ2) is 9.16. The van der Waals surface area contributed by atoms with Crippen LogP contribution in [0.1, 0.15) is 37.3 Å². The average molecular weight is 378 g/mol. The van der Waals surface area contributed by atoms with Crippen LogP contribution in [-0.4, -0.2) is 71.0 Å². The highest BCUT2D eigenvalue weighted by molar-refractivity contribution is 5.80. The van der Waals surface area contributed by atoms with Gasteiger partial charge in [-0.25, -0.2) is 4.99 Å². The number of likely N-dealkylation sites (tertiary alicyclic amines) is 1. The molecular formula is C18H30N6O3. The van der Waals surface area contributed by atoms with E-state index in [-0.39, 0.29) is 18.0 Å². The van der Waals surface area contributed by atoms with Crippen molar-refractivity contribution in [1.29, 1.82) is 0 Å². The van der Waals surface area contributed by atoms with Crippen LogP contribution in [0.25, 0.3) is 0 Å². The normalized spacial score (nSPS) is 21.5. The molecule has 27 heavy (non-hydrogen) atoms. The molecule has 0 bridgehead atoms. The largest absolute Gasteiger partial charge is 0.469 e. The molecule has 0 spiro atoms. The van der Waals surface area contributed by atoms with Crippen molar-refractivity contribution in [2.75, 3.05) is 33.4 Å². The maximum absolute atomic E-state index is 11.8. The Morgan fingerprint density at radius 3 is 2.70 bits per heavy atom. The summed E-state index contributed by atoms with van der Waals surface area (Å²) in [5.41, 5.74) is 0. The Bertz CT molecular complexity index is 660. The number of aryl methyl sites for hydroxylation is 1. The minimum atomic E-state index is -0.116. The number of hydrogen-bond acceptors (Lipinski definition) is 6. The van der Waals surface area contributed by atoms with E-state index < -0.39 is 0 Å². The molecule has 0 radical (unpaired) electrons. The molecule has 2 saturated heterocycles. The topological polar surface area (TPSA) is 93.9 Å². The van der Waals surface area contributed by atoms with Gasteiger partial charge < -0.3 is 24.3 Å². The first-order chi connectivity index (χ1) is 13.1. The molecule has 3 rings (SSSR count). The number of piperidine rings is 1. The number of rotatable bonds is 5.